The van der Waals surface area contributed by atoms with Crippen molar-refractivity contribution in [2.24, 2.45) is 5.41 Å². The highest BCUT2D eigenvalue weighted by Gasteiger charge is 2.44. The molecule has 5 nitrogen and oxygen atoms in total. The third-order valence-electron chi connectivity index (χ3n) is 3.85. The summed E-state index contributed by atoms with van der Waals surface area (Å²) >= 11 is 0. The second kappa shape index (κ2) is 5.00. The van der Waals surface area contributed by atoms with Gasteiger partial charge in [0, 0.05) is 32.0 Å². The SMILES string of the molecule is CCCC1(C(=O)O)CCN(c2nccn2CC)C1. The van der Waals surface area contributed by atoms with Crippen LogP contribution < -0.4 is 4.90 Å². The molecule has 1 unspecified atom stereocenters. The van der Waals surface area contributed by atoms with E-state index in [1.165, 1.54) is 0 Å². The number of carbonyl (C=O) groups is 1. The average Bonchev–Trinajstić information content (AvgIpc) is 2.95. The van der Waals surface area contributed by atoms with Gasteiger partial charge in [-0.25, -0.2) is 4.98 Å². The number of nitrogens with zero attached hydrogens (tertiary/aromatic N) is 3. The van der Waals surface area contributed by atoms with Crippen molar-refractivity contribution < 1.29 is 9.90 Å². The minimum atomic E-state index is -0.665. The Balaban J connectivity index is 2.18. The number of rotatable bonds is 5. The summed E-state index contributed by atoms with van der Waals surface area (Å²) in [7, 11) is 0. The van der Waals surface area contributed by atoms with Crippen molar-refractivity contribution >= 4 is 11.9 Å². The van der Waals surface area contributed by atoms with E-state index in [0.717, 1.165) is 31.9 Å². The van der Waals surface area contributed by atoms with Crippen LogP contribution in [-0.4, -0.2) is 33.7 Å². The van der Waals surface area contributed by atoms with Crippen LogP contribution in [0.4, 0.5) is 5.95 Å². The molecule has 0 bridgehead atoms. The molecule has 1 aromatic rings. The summed E-state index contributed by atoms with van der Waals surface area (Å²) in [5.41, 5.74) is -0.584. The zero-order valence-electron chi connectivity index (χ0n) is 11.1. The van der Waals surface area contributed by atoms with Crippen molar-refractivity contribution in [3.05, 3.63) is 12.4 Å². The van der Waals surface area contributed by atoms with Gasteiger partial charge in [-0.2, -0.15) is 0 Å². The predicted octanol–water partition coefficient (Wildman–Crippen LogP) is 1.98. The molecule has 18 heavy (non-hydrogen) atoms. The molecule has 100 valence electrons. The summed E-state index contributed by atoms with van der Waals surface area (Å²) in [4.78, 5) is 18.0. The summed E-state index contributed by atoms with van der Waals surface area (Å²) < 4.78 is 2.06. The summed E-state index contributed by atoms with van der Waals surface area (Å²) in [5, 5.41) is 9.48. The van der Waals surface area contributed by atoms with Crippen LogP contribution in [0.2, 0.25) is 0 Å². The fourth-order valence-electron chi connectivity index (χ4n) is 2.84. The maximum atomic E-state index is 11.5. The monoisotopic (exact) mass is 251 g/mol. The molecule has 1 aliphatic heterocycles. The molecule has 5 heteroatoms. The van der Waals surface area contributed by atoms with E-state index in [1.54, 1.807) is 6.20 Å². The van der Waals surface area contributed by atoms with Gasteiger partial charge in [0.25, 0.3) is 0 Å². The molecule has 0 spiro atoms. The molecule has 1 aliphatic rings. The van der Waals surface area contributed by atoms with Gasteiger partial charge >= 0.3 is 5.97 Å². The summed E-state index contributed by atoms with van der Waals surface area (Å²) in [5.74, 6) is 0.234. The van der Waals surface area contributed by atoms with Crippen molar-refractivity contribution in [3.63, 3.8) is 0 Å². The van der Waals surface area contributed by atoms with E-state index >= 15 is 0 Å². The van der Waals surface area contributed by atoms with E-state index in [0.29, 0.717) is 13.0 Å². The summed E-state index contributed by atoms with van der Waals surface area (Å²) in [6.45, 7) is 6.33. The molecule has 1 aromatic heterocycles. The highest BCUT2D eigenvalue weighted by molar-refractivity contribution is 5.76. The van der Waals surface area contributed by atoms with Crippen molar-refractivity contribution in [1.29, 1.82) is 0 Å². The number of aryl methyl sites for hydroxylation is 1. The van der Waals surface area contributed by atoms with Crippen LogP contribution in [0.5, 0.6) is 0 Å². The zero-order chi connectivity index (χ0) is 13.2. The molecular formula is C13H21N3O2. The second-order valence-electron chi connectivity index (χ2n) is 5.02. The molecule has 0 radical (unpaired) electrons. The van der Waals surface area contributed by atoms with Crippen LogP contribution in [0.25, 0.3) is 0 Å². The van der Waals surface area contributed by atoms with Crippen LogP contribution in [0, 0.1) is 5.41 Å². The maximum absolute atomic E-state index is 11.5. The lowest BCUT2D eigenvalue weighted by atomic mass is 9.83. The largest absolute Gasteiger partial charge is 0.481 e. The Morgan fingerprint density at radius 1 is 1.56 bits per heavy atom. The lowest BCUT2D eigenvalue weighted by Gasteiger charge is -2.24. The van der Waals surface area contributed by atoms with Gasteiger partial charge in [0.2, 0.25) is 5.95 Å². The molecule has 0 aliphatic carbocycles. The van der Waals surface area contributed by atoms with Gasteiger partial charge in [0.05, 0.1) is 5.41 Å². The molecule has 1 atom stereocenters. The average molecular weight is 251 g/mol. The molecule has 2 rings (SSSR count). The second-order valence-corrected chi connectivity index (χ2v) is 5.02. The van der Waals surface area contributed by atoms with E-state index < -0.39 is 11.4 Å². The van der Waals surface area contributed by atoms with Gasteiger partial charge in [-0.05, 0) is 19.8 Å². The minimum absolute atomic E-state index is 0.577. The predicted molar refractivity (Wildman–Crippen MR) is 69.7 cm³/mol. The van der Waals surface area contributed by atoms with Crippen LogP contribution in [0.3, 0.4) is 0 Å². The number of hydrogen-bond donors (Lipinski definition) is 1. The third kappa shape index (κ3) is 2.09. The molecule has 0 saturated carbocycles. The fraction of sp³-hybridized carbons (Fsp3) is 0.692. The Morgan fingerprint density at radius 3 is 2.94 bits per heavy atom. The Kier molecular flexibility index (Phi) is 3.59. The van der Waals surface area contributed by atoms with E-state index in [1.807, 2.05) is 13.1 Å². The molecule has 1 saturated heterocycles. The highest BCUT2D eigenvalue weighted by atomic mass is 16.4. The standard InChI is InChI=1S/C13H21N3O2/c1-3-5-13(11(17)18)6-8-16(10-13)12-14-7-9-15(12)4-2/h7,9H,3-6,8,10H2,1-2H3,(H,17,18). The molecule has 2 heterocycles. The van der Waals surface area contributed by atoms with Crippen LogP contribution >= 0.6 is 0 Å². The number of imidazole rings is 1. The van der Waals surface area contributed by atoms with E-state index in [9.17, 15) is 9.90 Å². The third-order valence-corrected chi connectivity index (χ3v) is 3.85. The summed E-state index contributed by atoms with van der Waals surface area (Å²) in [6.07, 6.45) is 6.08. The van der Waals surface area contributed by atoms with Crippen LogP contribution in [0.1, 0.15) is 33.1 Å². The van der Waals surface area contributed by atoms with Gasteiger partial charge in [-0.15, -0.1) is 0 Å². The van der Waals surface area contributed by atoms with Gasteiger partial charge in [0.1, 0.15) is 0 Å². The Bertz CT molecular complexity index is 430. The number of carboxylic acids is 1. The smallest absolute Gasteiger partial charge is 0.311 e. The first kappa shape index (κ1) is 12.9. The van der Waals surface area contributed by atoms with Crippen molar-refractivity contribution in [3.8, 4) is 0 Å². The van der Waals surface area contributed by atoms with Crippen LogP contribution in [-0.2, 0) is 11.3 Å². The number of aliphatic carboxylic acids is 1. The molecule has 1 fully saturated rings. The van der Waals surface area contributed by atoms with E-state index in [4.69, 9.17) is 0 Å². The van der Waals surface area contributed by atoms with E-state index in [-0.39, 0.29) is 0 Å². The minimum Gasteiger partial charge on any atom is -0.481 e. The number of aromatic nitrogens is 2. The van der Waals surface area contributed by atoms with E-state index in [2.05, 4.69) is 21.4 Å². The molecular weight excluding hydrogens is 230 g/mol. The molecule has 1 N–H and O–H groups in total. The van der Waals surface area contributed by atoms with Gasteiger partial charge in [-0.1, -0.05) is 13.3 Å². The normalized spacial score (nSPS) is 23.6. The number of hydrogen-bond acceptors (Lipinski definition) is 3. The van der Waals surface area contributed by atoms with Crippen molar-refractivity contribution in [2.45, 2.75) is 39.7 Å². The highest BCUT2D eigenvalue weighted by Crippen LogP contribution is 2.37. The molecule has 0 aromatic carbocycles. The lowest BCUT2D eigenvalue weighted by Crippen LogP contribution is -2.35. The lowest BCUT2D eigenvalue weighted by molar-refractivity contribution is -0.148. The first-order valence-electron chi connectivity index (χ1n) is 6.62. The number of anilines is 1. The van der Waals surface area contributed by atoms with Crippen molar-refractivity contribution in [2.75, 3.05) is 18.0 Å². The Labute approximate surface area is 107 Å². The topological polar surface area (TPSA) is 58.4 Å². The van der Waals surface area contributed by atoms with Crippen LogP contribution in [0.15, 0.2) is 12.4 Å². The Hall–Kier alpha value is -1.52. The fourth-order valence-corrected chi connectivity index (χ4v) is 2.84. The zero-order valence-corrected chi connectivity index (χ0v) is 11.1. The first-order valence-corrected chi connectivity index (χ1v) is 6.62. The van der Waals surface area contributed by atoms with Gasteiger partial charge in [-0.3, -0.25) is 4.79 Å². The maximum Gasteiger partial charge on any atom is 0.311 e. The van der Waals surface area contributed by atoms with Gasteiger partial charge < -0.3 is 14.6 Å². The quantitative estimate of drug-likeness (QED) is 0.869. The molecule has 0 amide bonds. The van der Waals surface area contributed by atoms with Crippen molar-refractivity contribution in [1.82, 2.24) is 9.55 Å². The first-order chi connectivity index (χ1) is 8.63. The Morgan fingerprint density at radius 2 is 2.33 bits per heavy atom. The number of carboxylic acid groups (broad SMARTS) is 1. The summed E-state index contributed by atoms with van der Waals surface area (Å²) in [6, 6.07) is 0. The van der Waals surface area contributed by atoms with Gasteiger partial charge in [0.15, 0.2) is 0 Å².